The van der Waals surface area contributed by atoms with Crippen molar-refractivity contribution in [2.75, 3.05) is 6.61 Å². The van der Waals surface area contributed by atoms with Crippen molar-refractivity contribution < 1.29 is 34.7 Å². The Morgan fingerprint density at radius 1 is 0.839 bits per heavy atom. The van der Waals surface area contributed by atoms with Crippen LogP contribution in [0.2, 0.25) is 0 Å². The molecule has 31 heavy (non-hydrogen) atoms. The van der Waals surface area contributed by atoms with Crippen molar-refractivity contribution in [3.63, 3.8) is 0 Å². The van der Waals surface area contributed by atoms with E-state index in [9.17, 15) is 20.1 Å². The summed E-state index contributed by atoms with van der Waals surface area (Å²) in [6.45, 7) is 1.69. The largest absolute Gasteiger partial charge is 0.451 e. The van der Waals surface area contributed by atoms with Crippen molar-refractivity contribution in [2.45, 2.75) is 128 Å². The molecule has 0 spiro atoms. The minimum absolute atomic E-state index is 0.561. The minimum atomic E-state index is -1.60. The number of rotatable bonds is 17. The number of ether oxygens (including phenoxy) is 2. The molecular weight excluding hydrogens is 400 g/mol. The SMILES string of the molecule is CCCCCCCCCCCCCCC/C=C/C(=O)O[C@@H]1[C@@H](O)[C@H](O)[C@@H](CO)O[C@H]1O. The Morgan fingerprint density at radius 3 is 1.87 bits per heavy atom. The second-order valence-corrected chi connectivity index (χ2v) is 8.56. The lowest BCUT2D eigenvalue weighted by molar-refractivity contribution is -0.289. The summed E-state index contributed by atoms with van der Waals surface area (Å²) in [5.41, 5.74) is 0. The van der Waals surface area contributed by atoms with Gasteiger partial charge in [-0.2, -0.15) is 0 Å². The van der Waals surface area contributed by atoms with E-state index in [0.29, 0.717) is 0 Å². The molecule has 1 aliphatic rings. The van der Waals surface area contributed by atoms with E-state index in [2.05, 4.69) is 6.92 Å². The second kappa shape index (κ2) is 17.6. The lowest BCUT2D eigenvalue weighted by Crippen LogP contribution is -2.59. The fraction of sp³-hybridized carbons (Fsp3) is 0.875. The molecule has 0 aromatic carbocycles. The quantitative estimate of drug-likeness (QED) is 0.154. The number of esters is 1. The van der Waals surface area contributed by atoms with E-state index < -0.39 is 43.3 Å². The van der Waals surface area contributed by atoms with Gasteiger partial charge in [0.15, 0.2) is 12.4 Å². The Balaban J connectivity index is 2.01. The smallest absolute Gasteiger partial charge is 0.330 e. The van der Waals surface area contributed by atoms with Gasteiger partial charge in [0, 0.05) is 6.08 Å². The van der Waals surface area contributed by atoms with Crippen LogP contribution in [0.5, 0.6) is 0 Å². The third kappa shape index (κ3) is 12.0. The lowest BCUT2D eigenvalue weighted by Gasteiger charge is -2.39. The monoisotopic (exact) mass is 444 g/mol. The third-order valence-electron chi connectivity index (χ3n) is 5.82. The van der Waals surface area contributed by atoms with Crippen molar-refractivity contribution in [2.24, 2.45) is 0 Å². The lowest BCUT2D eigenvalue weighted by atomic mass is 9.99. The first-order valence-electron chi connectivity index (χ1n) is 12.2. The van der Waals surface area contributed by atoms with E-state index in [4.69, 9.17) is 14.6 Å². The van der Waals surface area contributed by atoms with E-state index in [-0.39, 0.29) is 0 Å². The van der Waals surface area contributed by atoms with Crippen LogP contribution in [0.1, 0.15) is 96.8 Å². The second-order valence-electron chi connectivity index (χ2n) is 8.56. The molecule has 182 valence electrons. The molecule has 4 N–H and O–H groups in total. The highest BCUT2D eigenvalue weighted by atomic mass is 16.7. The van der Waals surface area contributed by atoms with Crippen LogP contribution in [0.3, 0.4) is 0 Å². The van der Waals surface area contributed by atoms with Crippen LogP contribution in [-0.2, 0) is 14.3 Å². The standard InChI is InChI=1S/C24H44O7/c1-2-3-4-5-6-7-8-9-10-11-12-13-14-15-16-17-20(26)31-23-22(28)21(27)19(18-25)30-24(23)29/h16-17,19,21-25,27-29H,2-15,18H2,1H3/b17-16+/t19-,21-,22+,23-,24-/m1/s1. The average Bonchev–Trinajstić information content (AvgIpc) is 2.76. The van der Waals surface area contributed by atoms with Crippen molar-refractivity contribution >= 4 is 5.97 Å². The number of carbonyl (C=O) groups is 1. The van der Waals surface area contributed by atoms with Crippen molar-refractivity contribution in [1.82, 2.24) is 0 Å². The van der Waals surface area contributed by atoms with Crippen LogP contribution in [0, 0.1) is 0 Å². The van der Waals surface area contributed by atoms with E-state index in [1.807, 2.05) is 0 Å². The number of hydrogen-bond acceptors (Lipinski definition) is 7. The molecule has 1 rings (SSSR count). The Kier molecular flexibility index (Phi) is 15.9. The Bertz CT molecular complexity index is 483. The summed E-state index contributed by atoms with van der Waals surface area (Å²) in [6.07, 6.45) is 13.4. The first-order valence-corrected chi connectivity index (χ1v) is 12.2. The van der Waals surface area contributed by atoms with Gasteiger partial charge >= 0.3 is 5.97 Å². The van der Waals surface area contributed by atoms with Gasteiger partial charge in [-0.25, -0.2) is 4.79 Å². The molecule has 0 aromatic heterocycles. The molecule has 7 nitrogen and oxygen atoms in total. The predicted molar refractivity (Wildman–Crippen MR) is 119 cm³/mol. The average molecular weight is 445 g/mol. The molecule has 1 heterocycles. The fourth-order valence-electron chi connectivity index (χ4n) is 3.83. The van der Waals surface area contributed by atoms with Gasteiger partial charge in [-0.15, -0.1) is 0 Å². The summed E-state index contributed by atoms with van der Waals surface area (Å²) < 4.78 is 9.96. The highest BCUT2D eigenvalue weighted by molar-refractivity contribution is 5.82. The Morgan fingerprint density at radius 2 is 1.35 bits per heavy atom. The minimum Gasteiger partial charge on any atom is -0.451 e. The zero-order valence-electron chi connectivity index (χ0n) is 19.2. The number of hydrogen-bond donors (Lipinski definition) is 4. The third-order valence-corrected chi connectivity index (χ3v) is 5.82. The highest BCUT2D eigenvalue weighted by Gasteiger charge is 2.45. The molecule has 0 radical (unpaired) electrons. The number of unbranched alkanes of at least 4 members (excludes halogenated alkanes) is 13. The van der Waals surface area contributed by atoms with E-state index in [1.54, 1.807) is 6.08 Å². The first-order chi connectivity index (χ1) is 15.0. The van der Waals surface area contributed by atoms with Crippen molar-refractivity contribution in [1.29, 1.82) is 0 Å². The maximum atomic E-state index is 11.9. The molecule has 1 aliphatic heterocycles. The molecule has 0 amide bonds. The summed E-state index contributed by atoms with van der Waals surface area (Å²) in [6, 6.07) is 0. The van der Waals surface area contributed by atoms with E-state index in [1.165, 1.54) is 76.7 Å². The number of aliphatic hydroxyl groups excluding tert-OH is 4. The Labute approximate surface area is 187 Å². The maximum absolute atomic E-state index is 11.9. The molecule has 0 saturated carbocycles. The molecule has 0 aromatic rings. The van der Waals surface area contributed by atoms with Crippen LogP contribution in [0.4, 0.5) is 0 Å². The molecule has 7 heteroatoms. The molecule has 1 saturated heterocycles. The van der Waals surface area contributed by atoms with Crippen molar-refractivity contribution in [3.05, 3.63) is 12.2 Å². The Hall–Kier alpha value is -0.990. The van der Waals surface area contributed by atoms with Gasteiger partial charge in [0.1, 0.15) is 18.3 Å². The molecule has 5 atom stereocenters. The fourth-order valence-corrected chi connectivity index (χ4v) is 3.83. The zero-order valence-corrected chi connectivity index (χ0v) is 19.2. The van der Waals surface area contributed by atoms with Crippen LogP contribution >= 0.6 is 0 Å². The molecule has 0 bridgehead atoms. The molecule has 0 unspecified atom stereocenters. The van der Waals surface area contributed by atoms with Gasteiger partial charge in [-0.1, -0.05) is 90.0 Å². The van der Waals surface area contributed by atoms with Gasteiger partial charge in [0.2, 0.25) is 0 Å². The summed E-state index contributed by atoms with van der Waals surface area (Å²) in [7, 11) is 0. The number of carbonyl (C=O) groups excluding carboxylic acids is 1. The molecule has 0 aliphatic carbocycles. The number of aliphatic hydroxyl groups is 4. The number of allylic oxidation sites excluding steroid dienone is 1. The summed E-state index contributed by atoms with van der Waals surface area (Å²) >= 11 is 0. The van der Waals surface area contributed by atoms with E-state index >= 15 is 0 Å². The highest BCUT2D eigenvalue weighted by Crippen LogP contribution is 2.22. The van der Waals surface area contributed by atoms with Gasteiger partial charge < -0.3 is 29.9 Å². The normalized spacial score (nSPS) is 26.4. The van der Waals surface area contributed by atoms with Crippen LogP contribution in [0.25, 0.3) is 0 Å². The first kappa shape index (κ1) is 28.0. The van der Waals surface area contributed by atoms with Gasteiger partial charge in [-0.05, 0) is 12.8 Å². The van der Waals surface area contributed by atoms with Crippen LogP contribution in [0.15, 0.2) is 12.2 Å². The summed E-state index contributed by atoms with van der Waals surface area (Å²) in [5, 5.41) is 38.6. The summed E-state index contributed by atoms with van der Waals surface area (Å²) in [5.74, 6) is -0.712. The van der Waals surface area contributed by atoms with Gasteiger partial charge in [0.25, 0.3) is 0 Å². The summed E-state index contributed by atoms with van der Waals surface area (Å²) in [4.78, 5) is 11.9. The molecular formula is C24H44O7. The van der Waals surface area contributed by atoms with E-state index in [0.717, 1.165) is 19.3 Å². The predicted octanol–water partition coefficient (Wildman–Crippen LogP) is 3.37. The molecule has 1 fully saturated rings. The van der Waals surface area contributed by atoms with Gasteiger partial charge in [0.05, 0.1) is 6.61 Å². The van der Waals surface area contributed by atoms with Crippen LogP contribution < -0.4 is 0 Å². The van der Waals surface area contributed by atoms with Crippen molar-refractivity contribution in [3.8, 4) is 0 Å². The maximum Gasteiger partial charge on any atom is 0.330 e. The topological polar surface area (TPSA) is 116 Å². The van der Waals surface area contributed by atoms with Gasteiger partial charge in [-0.3, -0.25) is 0 Å². The van der Waals surface area contributed by atoms with Crippen LogP contribution in [-0.4, -0.2) is 63.7 Å². The zero-order chi connectivity index (χ0) is 22.9.